The van der Waals surface area contributed by atoms with Crippen LogP contribution in [0.2, 0.25) is 0 Å². The van der Waals surface area contributed by atoms with Crippen molar-refractivity contribution in [2.45, 2.75) is 33.2 Å². The van der Waals surface area contributed by atoms with Crippen molar-refractivity contribution in [1.29, 1.82) is 0 Å². The smallest absolute Gasteiger partial charge is 0.220 e. The molecule has 0 radical (unpaired) electrons. The first-order valence-electron chi connectivity index (χ1n) is 10.6. The highest BCUT2D eigenvalue weighted by molar-refractivity contribution is 7.13. The monoisotopic (exact) mass is 441 g/mol. The lowest BCUT2D eigenvalue weighted by Gasteiger charge is -2.11. The van der Waals surface area contributed by atoms with Crippen molar-refractivity contribution in [2.75, 3.05) is 0 Å². The minimum absolute atomic E-state index is 0.00350. The van der Waals surface area contributed by atoms with E-state index < -0.39 is 0 Å². The van der Waals surface area contributed by atoms with E-state index in [1.54, 1.807) is 11.3 Å². The third-order valence-electron chi connectivity index (χ3n) is 5.66. The van der Waals surface area contributed by atoms with Gasteiger partial charge in [-0.3, -0.25) is 4.79 Å². The van der Waals surface area contributed by atoms with Crippen LogP contribution in [0.1, 0.15) is 29.1 Å². The maximum atomic E-state index is 12.5. The number of benzene rings is 2. The van der Waals surface area contributed by atoms with Gasteiger partial charge in [0.25, 0.3) is 0 Å². The van der Waals surface area contributed by atoms with E-state index in [0.717, 1.165) is 49.8 Å². The van der Waals surface area contributed by atoms with Gasteiger partial charge < -0.3 is 5.32 Å². The van der Waals surface area contributed by atoms with Crippen molar-refractivity contribution in [3.63, 3.8) is 0 Å². The molecule has 3 heterocycles. The van der Waals surface area contributed by atoms with Gasteiger partial charge in [0.15, 0.2) is 5.65 Å². The molecule has 2 aromatic carbocycles. The van der Waals surface area contributed by atoms with Gasteiger partial charge >= 0.3 is 0 Å². The Balaban J connectivity index is 1.25. The first kappa shape index (κ1) is 20.3. The molecule has 1 N–H and O–H groups in total. The van der Waals surface area contributed by atoms with Crippen LogP contribution in [0.3, 0.4) is 0 Å². The molecule has 0 saturated heterocycles. The van der Waals surface area contributed by atoms with E-state index in [-0.39, 0.29) is 5.91 Å². The van der Waals surface area contributed by atoms with Crippen LogP contribution in [-0.4, -0.2) is 25.5 Å². The van der Waals surface area contributed by atoms with Crippen molar-refractivity contribution >= 4 is 33.8 Å². The summed E-state index contributed by atoms with van der Waals surface area (Å²) in [6.45, 7) is 4.48. The molecule has 160 valence electrons. The number of carbonyl (C=O) groups is 1. The molecule has 3 aromatic heterocycles. The second-order valence-electron chi connectivity index (χ2n) is 7.80. The largest absolute Gasteiger partial charge is 0.350 e. The van der Waals surface area contributed by atoms with Gasteiger partial charge in [0, 0.05) is 34.1 Å². The third-order valence-corrected chi connectivity index (χ3v) is 6.60. The number of hydrogen-bond donors (Lipinski definition) is 1. The van der Waals surface area contributed by atoms with Gasteiger partial charge in [-0.05, 0) is 38.0 Å². The lowest BCUT2D eigenvalue weighted by atomic mass is 10.1. The Morgan fingerprint density at radius 1 is 1.03 bits per heavy atom. The highest BCUT2D eigenvalue weighted by Crippen LogP contribution is 2.24. The molecule has 6 nitrogen and oxygen atoms in total. The number of rotatable bonds is 6. The summed E-state index contributed by atoms with van der Waals surface area (Å²) < 4.78 is 1.89. The molecule has 32 heavy (non-hydrogen) atoms. The Morgan fingerprint density at radius 2 is 1.81 bits per heavy atom. The molecule has 0 aliphatic carbocycles. The summed E-state index contributed by atoms with van der Waals surface area (Å²) in [5, 5.41) is 11.7. The van der Waals surface area contributed by atoms with Gasteiger partial charge in [0.05, 0.1) is 17.8 Å². The van der Waals surface area contributed by atoms with E-state index in [1.165, 1.54) is 0 Å². The summed E-state index contributed by atoms with van der Waals surface area (Å²) in [6, 6.07) is 18.1. The maximum Gasteiger partial charge on any atom is 0.220 e. The fraction of sp³-hybridized carbons (Fsp3) is 0.200. The minimum Gasteiger partial charge on any atom is -0.350 e. The van der Waals surface area contributed by atoms with Crippen molar-refractivity contribution in [1.82, 2.24) is 24.9 Å². The first-order chi connectivity index (χ1) is 15.6. The average Bonchev–Trinajstić information content (AvgIpc) is 3.43. The molecule has 5 rings (SSSR count). The fourth-order valence-corrected chi connectivity index (χ4v) is 4.78. The lowest BCUT2D eigenvalue weighted by Crippen LogP contribution is -2.23. The average molecular weight is 442 g/mol. The molecule has 1 amide bonds. The SMILES string of the molecule is Cc1nc2c3ccccc3nn2c(C)c1CCC(=O)NCc1csc(-c2ccccc2)n1. The standard InChI is InChI=1S/C25H23N5OS/c1-16-20(17(2)30-24(27-16)21-10-6-7-11-22(21)29-30)12-13-23(31)26-14-19-15-32-25(28-19)18-8-4-3-5-9-18/h3-11,15H,12-14H2,1-2H3,(H,26,31). The molecule has 0 unspecified atom stereocenters. The van der Waals surface area contributed by atoms with Crippen LogP contribution in [0.25, 0.3) is 27.1 Å². The third kappa shape index (κ3) is 3.87. The topological polar surface area (TPSA) is 72.2 Å². The van der Waals surface area contributed by atoms with Crippen molar-refractivity contribution in [3.8, 4) is 10.6 Å². The predicted octanol–water partition coefficient (Wildman–Crippen LogP) is 4.87. The number of hydrogen-bond acceptors (Lipinski definition) is 5. The summed E-state index contributed by atoms with van der Waals surface area (Å²) >= 11 is 1.59. The van der Waals surface area contributed by atoms with Crippen LogP contribution in [0.4, 0.5) is 0 Å². The highest BCUT2D eigenvalue weighted by atomic mass is 32.1. The quantitative estimate of drug-likeness (QED) is 0.408. The van der Waals surface area contributed by atoms with Crippen LogP contribution in [0.15, 0.2) is 60.0 Å². The number of aromatic nitrogens is 4. The second-order valence-corrected chi connectivity index (χ2v) is 8.66. The molecule has 0 saturated carbocycles. The number of nitrogens with zero attached hydrogens (tertiary/aromatic N) is 4. The van der Waals surface area contributed by atoms with E-state index in [9.17, 15) is 4.79 Å². The van der Waals surface area contributed by atoms with Crippen molar-refractivity contribution in [2.24, 2.45) is 0 Å². The fourth-order valence-electron chi connectivity index (χ4n) is 3.96. The zero-order chi connectivity index (χ0) is 22.1. The number of nitrogens with one attached hydrogen (secondary N) is 1. The summed E-state index contributed by atoms with van der Waals surface area (Å²) in [5.41, 5.74) is 6.80. The first-order valence-corrected chi connectivity index (χ1v) is 11.5. The summed E-state index contributed by atoms with van der Waals surface area (Å²) in [4.78, 5) is 21.9. The van der Waals surface area contributed by atoms with Gasteiger partial charge in [0.1, 0.15) is 5.01 Å². The van der Waals surface area contributed by atoms with Gasteiger partial charge in [-0.1, -0.05) is 42.5 Å². The van der Waals surface area contributed by atoms with E-state index in [4.69, 9.17) is 10.1 Å². The summed E-state index contributed by atoms with van der Waals surface area (Å²) in [7, 11) is 0. The number of carbonyl (C=O) groups excluding carboxylic acids is 1. The molecule has 0 bridgehead atoms. The molecular weight excluding hydrogens is 418 g/mol. The molecule has 0 aliphatic heterocycles. The van der Waals surface area contributed by atoms with Crippen LogP contribution in [0.5, 0.6) is 0 Å². The summed E-state index contributed by atoms with van der Waals surface area (Å²) in [6.07, 6.45) is 1.01. The Morgan fingerprint density at radius 3 is 2.66 bits per heavy atom. The van der Waals surface area contributed by atoms with Gasteiger partial charge in [-0.2, -0.15) is 5.10 Å². The number of amides is 1. The number of thiazole rings is 1. The van der Waals surface area contributed by atoms with Crippen LogP contribution in [0, 0.1) is 13.8 Å². The molecule has 0 atom stereocenters. The molecule has 0 spiro atoms. The second kappa shape index (κ2) is 8.51. The van der Waals surface area contributed by atoms with Gasteiger partial charge in [-0.15, -0.1) is 11.3 Å². The van der Waals surface area contributed by atoms with Crippen LogP contribution in [-0.2, 0) is 17.8 Å². The summed E-state index contributed by atoms with van der Waals surface area (Å²) in [5.74, 6) is 0.00350. The van der Waals surface area contributed by atoms with E-state index >= 15 is 0 Å². The predicted molar refractivity (Wildman–Crippen MR) is 128 cm³/mol. The normalized spacial score (nSPS) is 11.3. The van der Waals surface area contributed by atoms with E-state index in [0.29, 0.717) is 19.4 Å². The highest BCUT2D eigenvalue weighted by Gasteiger charge is 2.15. The van der Waals surface area contributed by atoms with Gasteiger partial charge in [0.2, 0.25) is 5.91 Å². The maximum absolute atomic E-state index is 12.5. The van der Waals surface area contributed by atoms with Crippen molar-refractivity contribution < 1.29 is 4.79 Å². The zero-order valence-corrected chi connectivity index (χ0v) is 18.8. The molecular formula is C25H23N5OS. The Bertz CT molecular complexity index is 1420. The Labute approximate surface area is 190 Å². The Kier molecular flexibility index (Phi) is 5.41. The Hall–Kier alpha value is -3.58. The molecule has 0 fully saturated rings. The van der Waals surface area contributed by atoms with E-state index in [2.05, 4.69) is 10.3 Å². The van der Waals surface area contributed by atoms with Crippen LogP contribution < -0.4 is 5.32 Å². The van der Waals surface area contributed by atoms with Crippen LogP contribution >= 0.6 is 11.3 Å². The van der Waals surface area contributed by atoms with E-state index in [1.807, 2.05) is 78.3 Å². The number of aryl methyl sites for hydroxylation is 2. The lowest BCUT2D eigenvalue weighted by molar-refractivity contribution is -0.121. The number of fused-ring (bicyclic) bond motifs is 3. The minimum atomic E-state index is 0.00350. The zero-order valence-electron chi connectivity index (χ0n) is 18.0. The molecule has 5 aromatic rings. The van der Waals surface area contributed by atoms with Crippen molar-refractivity contribution in [3.05, 3.63) is 82.6 Å². The van der Waals surface area contributed by atoms with Gasteiger partial charge in [-0.25, -0.2) is 14.5 Å². The molecule has 0 aliphatic rings. The molecule has 7 heteroatoms.